The van der Waals surface area contributed by atoms with Crippen LogP contribution >= 0.6 is 0 Å². The van der Waals surface area contributed by atoms with Gasteiger partial charge < -0.3 is 4.74 Å². The quantitative estimate of drug-likeness (QED) is 0.528. The van der Waals surface area contributed by atoms with Crippen molar-refractivity contribution >= 4 is 5.97 Å². The van der Waals surface area contributed by atoms with E-state index < -0.39 is 0 Å². The van der Waals surface area contributed by atoms with E-state index in [0.717, 1.165) is 24.7 Å². The van der Waals surface area contributed by atoms with E-state index in [-0.39, 0.29) is 12.1 Å². The first-order valence-corrected chi connectivity index (χ1v) is 6.61. The summed E-state index contributed by atoms with van der Waals surface area (Å²) < 4.78 is 5.68. The minimum atomic E-state index is -0.0137. The summed E-state index contributed by atoms with van der Waals surface area (Å²) in [6, 6.07) is 0. The zero-order valence-electron chi connectivity index (χ0n) is 9.95. The van der Waals surface area contributed by atoms with Crippen molar-refractivity contribution in [1.82, 2.24) is 0 Å². The predicted molar refractivity (Wildman–Crippen MR) is 61.8 cm³/mol. The molecule has 2 fully saturated rings. The molecule has 3 aliphatic carbocycles. The molecule has 2 heteroatoms. The van der Waals surface area contributed by atoms with Gasteiger partial charge in [-0.25, -0.2) is 0 Å². The van der Waals surface area contributed by atoms with Crippen LogP contribution in [0.15, 0.2) is 12.2 Å². The third-order valence-electron chi connectivity index (χ3n) is 5.06. The topological polar surface area (TPSA) is 26.3 Å². The van der Waals surface area contributed by atoms with E-state index >= 15 is 0 Å². The zero-order valence-corrected chi connectivity index (χ0v) is 9.95. The van der Waals surface area contributed by atoms with Gasteiger partial charge in [-0.05, 0) is 43.9 Å². The van der Waals surface area contributed by atoms with Crippen LogP contribution in [0, 0.1) is 17.3 Å². The molecule has 0 aromatic heterocycles. The molecule has 16 heavy (non-hydrogen) atoms. The Bertz CT molecular complexity index is 334. The highest BCUT2D eigenvalue weighted by atomic mass is 16.5. The highest BCUT2D eigenvalue weighted by molar-refractivity contribution is 5.69. The Labute approximate surface area is 97.1 Å². The fourth-order valence-electron chi connectivity index (χ4n) is 4.27. The number of allylic oxidation sites excluding steroid dienone is 2. The summed E-state index contributed by atoms with van der Waals surface area (Å²) in [5.41, 5.74) is 0.324. The lowest BCUT2D eigenvalue weighted by Crippen LogP contribution is -2.38. The zero-order chi connectivity index (χ0) is 11.2. The number of esters is 1. The lowest BCUT2D eigenvalue weighted by molar-refractivity contribution is -0.156. The summed E-state index contributed by atoms with van der Waals surface area (Å²) in [4.78, 5) is 11.5. The lowest BCUT2D eigenvalue weighted by atomic mass is 9.70. The summed E-state index contributed by atoms with van der Waals surface area (Å²) in [6.07, 6.45) is 11.5. The number of hydrogen-bond donors (Lipinski definition) is 0. The second kappa shape index (κ2) is 3.61. The fourth-order valence-corrected chi connectivity index (χ4v) is 4.27. The monoisotopic (exact) mass is 220 g/mol. The first-order valence-electron chi connectivity index (χ1n) is 6.61. The van der Waals surface area contributed by atoms with Crippen LogP contribution in [0.2, 0.25) is 0 Å². The van der Waals surface area contributed by atoms with E-state index in [4.69, 9.17) is 4.74 Å². The Kier molecular flexibility index (Phi) is 2.34. The van der Waals surface area contributed by atoms with Crippen molar-refractivity contribution in [3.8, 4) is 0 Å². The van der Waals surface area contributed by atoms with Gasteiger partial charge in [0.15, 0.2) is 0 Å². The van der Waals surface area contributed by atoms with E-state index in [1.165, 1.54) is 19.3 Å². The summed E-state index contributed by atoms with van der Waals surface area (Å²) in [6.45, 7) is 1.88. The molecule has 0 aliphatic heterocycles. The maximum atomic E-state index is 11.5. The van der Waals surface area contributed by atoms with Gasteiger partial charge in [-0.3, -0.25) is 4.79 Å². The molecule has 0 aromatic carbocycles. The maximum absolute atomic E-state index is 11.5. The molecule has 2 saturated carbocycles. The molecule has 3 rings (SSSR count). The van der Waals surface area contributed by atoms with E-state index in [1.54, 1.807) is 0 Å². The molecule has 3 aliphatic rings. The van der Waals surface area contributed by atoms with Crippen LogP contribution in [0.4, 0.5) is 0 Å². The third kappa shape index (κ3) is 1.28. The van der Waals surface area contributed by atoms with Gasteiger partial charge >= 0.3 is 5.97 Å². The molecular weight excluding hydrogens is 200 g/mol. The fraction of sp³-hybridized carbons (Fsp3) is 0.786. The predicted octanol–water partition coefficient (Wildman–Crippen LogP) is 3.07. The van der Waals surface area contributed by atoms with E-state index in [9.17, 15) is 4.79 Å². The first-order chi connectivity index (χ1) is 7.76. The van der Waals surface area contributed by atoms with E-state index in [1.807, 2.05) is 6.92 Å². The van der Waals surface area contributed by atoms with Crippen LogP contribution in [-0.4, -0.2) is 12.1 Å². The SMILES string of the molecule is CCC(=O)O[C@@H]1C[C@@H]2CC[C@]13CC=CC[C@H]23. The van der Waals surface area contributed by atoms with Gasteiger partial charge in [0.1, 0.15) is 6.10 Å². The van der Waals surface area contributed by atoms with E-state index in [2.05, 4.69) is 12.2 Å². The Balaban J connectivity index is 1.82. The summed E-state index contributed by atoms with van der Waals surface area (Å²) >= 11 is 0. The molecule has 2 bridgehead atoms. The molecular formula is C14H20O2. The third-order valence-corrected chi connectivity index (χ3v) is 5.06. The van der Waals surface area contributed by atoms with Crippen LogP contribution in [0.5, 0.6) is 0 Å². The minimum absolute atomic E-state index is 0.0137. The van der Waals surface area contributed by atoms with Gasteiger partial charge in [-0.1, -0.05) is 19.1 Å². The van der Waals surface area contributed by atoms with Crippen molar-refractivity contribution in [2.75, 3.05) is 0 Å². The number of ether oxygens (including phenoxy) is 1. The number of carbonyl (C=O) groups is 1. The molecule has 0 spiro atoms. The molecule has 4 atom stereocenters. The van der Waals surface area contributed by atoms with Crippen LogP contribution in [0.25, 0.3) is 0 Å². The summed E-state index contributed by atoms with van der Waals surface area (Å²) in [7, 11) is 0. The van der Waals surface area contributed by atoms with Gasteiger partial charge in [0, 0.05) is 11.8 Å². The highest BCUT2D eigenvalue weighted by Crippen LogP contribution is 2.63. The molecule has 88 valence electrons. The minimum Gasteiger partial charge on any atom is -0.462 e. The van der Waals surface area contributed by atoms with Crippen molar-refractivity contribution in [3.05, 3.63) is 12.2 Å². The molecule has 0 amide bonds. The van der Waals surface area contributed by atoms with Crippen molar-refractivity contribution < 1.29 is 9.53 Å². The van der Waals surface area contributed by atoms with Crippen molar-refractivity contribution in [3.63, 3.8) is 0 Å². The van der Waals surface area contributed by atoms with E-state index in [0.29, 0.717) is 11.8 Å². The second-order valence-electron chi connectivity index (χ2n) is 5.62. The van der Waals surface area contributed by atoms with Crippen LogP contribution in [0.3, 0.4) is 0 Å². The molecule has 0 saturated heterocycles. The van der Waals surface area contributed by atoms with Gasteiger partial charge in [0.25, 0.3) is 0 Å². The maximum Gasteiger partial charge on any atom is 0.305 e. The summed E-state index contributed by atoms with van der Waals surface area (Å²) in [5, 5.41) is 0. The average molecular weight is 220 g/mol. The average Bonchev–Trinajstić information content (AvgIpc) is 2.82. The number of carbonyl (C=O) groups excluding carboxylic acids is 1. The van der Waals surface area contributed by atoms with Crippen molar-refractivity contribution in [1.29, 1.82) is 0 Å². The van der Waals surface area contributed by atoms with Gasteiger partial charge in [-0.2, -0.15) is 0 Å². The highest BCUT2D eigenvalue weighted by Gasteiger charge is 2.60. The molecule has 0 radical (unpaired) electrons. The number of rotatable bonds is 2. The van der Waals surface area contributed by atoms with Crippen LogP contribution in [-0.2, 0) is 9.53 Å². The smallest absolute Gasteiger partial charge is 0.305 e. The largest absolute Gasteiger partial charge is 0.462 e. The normalized spacial score (nSPS) is 44.4. The molecule has 0 N–H and O–H groups in total. The second-order valence-corrected chi connectivity index (χ2v) is 5.62. The first kappa shape index (κ1) is 10.4. The molecule has 0 aromatic rings. The standard InChI is InChI=1S/C14H20O2/c1-2-13(15)16-12-9-10-6-8-14(12)7-4-3-5-11(10)14/h3-4,10-12H,2,5-9H2,1H3/t10-,11+,12+,14-/m0/s1. The Morgan fingerprint density at radius 2 is 2.38 bits per heavy atom. The molecule has 0 unspecified atom stereocenters. The lowest BCUT2D eigenvalue weighted by Gasteiger charge is -2.38. The Hall–Kier alpha value is -0.790. The molecule has 2 nitrogen and oxygen atoms in total. The number of hydrogen-bond acceptors (Lipinski definition) is 2. The van der Waals surface area contributed by atoms with Gasteiger partial charge in [0.05, 0.1) is 0 Å². The van der Waals surface area contributed by atoms with Gasteiger partial charge in [-0.15, -0.1) is 0 Å². The Morgan fingerprint density at radius 3 is 3.19 bits per heavy atom. The molecule has 0 heterocycles. The Morgan fingerprint density at radius 1 is 1.50 bits per heavy atom. The van der Waals surface area contributed by atoms with Crippen molar-refractivity contribution in [2.45, 2.75) is 51.6 Å². The van der Waals surface area contributed by atoms with Crippen LogP contribution < -0.4 is 0 Å². The summed E-state index contributed by atoms with van der Waals surface area (Å²) in [5.74, 6) is 1.60. The van der Waals surface area contributed by atoms with Crippen LogP contribution in [0.1, 0.15) is 45.4 Å². The van der Waals surface area contributed by atoms with Crippen molar-refractivity contribution in [2.24, 2.45) is 17.3 Å². The van der Waals surface area contributed by atoms with Gasteiger partial charge in [0.2, 0.25) is 0 Å².